The summed E-state index contributed by atoms with van der Waals surface area (Å²) >= 11 is 0. The molecule has 35 heavy (non-hydrogen) atoms. The van der Waals surface area contributed by atoms with Crippen LogP contribution in [0.2, 0.25) is 18.1 Å². The quantitative estimate of drug-likeness (QED) is 0.256. The van der Waals surface area contributed by atoms with Crippen molar-refractivity contribution in [2.24, 2.45) is 17.8 Å². The Morgan fingerprint density at radius 1 is 0.857 bits per heavy atom. The molecule has 0 atom stereocenters. The predicted octanol–water partition coefficient (Wildman–Crippen LogP) is 9.18. The Balaban J connectivity index is 1.24. The summed E-state index contributed by atoms with van der Waals surface area (Å²) in [6.45, 7) is 2.33. The van der Waals surface area contributed by atoms with Gasteiger partial charge in [0.25, 0.3) is 0 Å². The number of halogens is 4. The van der Waals surface area contributed by atoms with Crippen LogP contribution in [0.15, 0.2) is 42.5 Å². The summed E-state index contributed by atoms with van der Waals surface area (Å²) in [7, 11) is -0.399. The van der Waals surface area contributed by atoms with Crippen LogP contribution in [0, 0.1) is 23.6 Å². The Labute approximate surface area is 208 Å². The zero-order valence-corrected chi connectivity index (χ0v) is 21.9. The Bertz CT molecular complexity index is 927. The van der Waals surface area contributed by atoms with Crippen LogP contribution in [-0.4, -0.2) is 15.2 Å². The summed E-state index contributed by atoms with van der Waals surface area (Å²) in [6.07, 6.45) is 6.68. The molecule has 2 aromatic carbocycles. The molecule has 0 bridgehead atoms. The van der Waals surface area contributed by atoms with Gasteiger partial charge in [0.1, 0.15) is 11.6 Å². The third kappa shape index (κ3) is 7.58. The largest absolute Gasteiger partial charge is 0.573 e. The van der Waals surface area contributed by atoms with Crippen LogP contribution in [0.25, 0.3) is 11.1 Å². The lowest BCUT2D eigenvalue weighted by Gasteiger charge is -2.37. The summed E-state index contributed by atoms with van der Waals surface area (Å²) in [5.41, 5.74) is 2.05. The molecular formula is C29H38F4OSi. The molecule has 1 aliphatic heterocycles. The van der Waals surface area contributed by atoms with E-state index in [1.807, 2.05) is 12.1 Å². The van der Waals surface area contributed by atoms with Gasteiger partial charge in [-0.1, -0.05) is 81.4 Å². The van der Waals surface area contributed by atoms with Crippen molar-refractivity contribution in [3.63, 3.8) is 0 Å². The van der Waals surface area contributed by atoms with E-state index in [2.05, 4.69) is 11.7 Å². The second-order valence-corrected chi connectivity index (χ2v) is 14.2. The first-order valence-electron chi connectivity index (χ1n) is 13.5. The van der Waals surface area contributed by atoms with E-state index in [-0.39, 0.29) is 11.6 Å². The van der Waals surface area contributed by atoms with Gasteiger partial charge in [0.2, 0.25) is 0 Å². The van der Waals surface area contributed by atoms with Crippen LogP contribution in [0.1, 0.15) is 63.9 Å². The summed E-state index contributed by atoms with van der Waals surface area (Å²) < 4.78 is 55.7. The Morgan fingerprint density at radius 2 is 1.49 bits per heavy atom. The van der Waals surface area contributed by atoms with Crippen molar-refractivity contribution in [1.82, 2.24) is 0 Å². The average molecular weight is 507 g/mol. The fraction of sp³-hybridized carbons (Fsp3) is 0.586. The lowest BCUT2D eigenvalue weighted by molar-refractivity contribution is -0.274. The highest BCUT2D eigenvalue weighted by molar-refractivity contribution is 6.58. The van der Waals surface area contributed by atoms with Crippen LogP contribution in [0.4, 0.5) is 17.6 Å². The first kappa shape index (κ1) is 26.2. The van der Waals surface area contributed by atoms with E-state index in [1.165, 1.54) is 75.3 Å². The van der Waals surface area contributed by atoms with Gasteiger partial charge >= 0.3 is 6.36 Å². The lowest BCUT2D eigenvalue weighted by Crippen LogP contribution is -2.28. The summed E-state index contributed by atoms with van der Waals surface area (Å²) in [4.78, 5) is 0. The van der Waals surface area contributed by atoms with Crippen LogP contribution in [0.5, 0.6) is 5.75 Å². The molecule has 2 fully saturated rings. The van der Waals surface area contributed by atoms with Gasteiger partial charge in [0.05, 0.1) is 0 Å². The molecule has 6 heteroatoms. The Hall–Kier alpha value is -1.82. The minimum Gasteiger partial charge on any atom is -0.406 e. The van der Waals surface area contributed by atoms with Crippen LogP contribution >= 0.6 is 0 Å². The second-order valence-electron chi connectivity index (χ2n) is 10.8. The average Bonchev–Trinajstić information content (AvgIpc) is 2.84. The van der Waals surface area contributed by atoms with Crippen molar-refractivity contribution in [3.8, 4) is 16.9 Å². The summed E-state index contributed by atoms with van der Waals surface area (Å²) in [5.74, 6) is 2.07. The van der Waals surface area contributed by atoms with E-state index in [9.17, 15) is 17.6 Å². The predicted molar refractivity (Wildman–Crippen MR) is 137 cm³/mol. The van der Waals surface area contributed by atoms with Gasteiger partial charge in [-0.15, -0.1) is 13.2 Å². The molecule has 4 rings (SSSR count). The van der Waals surface area contributed by atoms with E-state index >= 15 is 0 Å². The molecule has 1 saturated carbocycles. The van der Waals surface area contributed by atoms with E-state index in [0.29, 0.717) is 17.0 Å². The maximum Gasteiger partial charge on any atom is 0.573 e. The van der Waals surface area contributed by atoms with Gasteiger partial charge < -0.3 is 4.74 Å². The second kappa shape index (κ2) is 11.9. The zero-order chi connectivity index (χ0) is 24.8. The smallest absolute Gasteiger partial charge is 0.406 e. The first-order chi connectivity index (χ1) is 16.8. The molecule has 1 saturated heterocycles. The zero-order valence-electron chi connectivity index (χ0n) is 20.8. The fourth-order valence-corrected chi connectivity index (χ4v) is 9.92. The fourth-order valence-electron chi connectivity index (χ4n) is 6.44. The monoisotopic (exact) mass is 506 g/mol. The molecule has 1 nitrogen and oxygen atoms in total. The van der Waals surface area contributed by atoms with Crippen LogP contribution in [-0.2, 0) is 6.42 Å². The van der Waals surface area contributed by atoms with E-state index in [0.717, 1.165) is 30.2 Å². The number of hydrogen-bond donors (Lipinski definition) is 0. The van der Waals surface area contributed by atoms with Gasteiger partial charge in [-0.3, -0.25) is 0 Å². The molecule has 2 aliphatic rings. The molecule has 0 radical (unpaired) electrons. The minimum absolute atomic E-state index is 0.236. The molecule has 0 spiro atoms. The first-order valence-corrected chi connectivity index (χ1v) is 15.9. The Morgan fingerprint density at radius 3 is 2.09 bits per heavy atom. The van der Waals surface area contributed by atoms with Crippen molar-refractivity contribution in [3.05, 3.63) is 53.8 Å². The van der Waals surface area contributed by atoms with Crippen molar-refractivity contribution >= 4 is 8.80 Å². The molecule has 0 amide bonds. The third-order valence-electron chi connectivity index (χ3n) is 8.44. The third-order valence-corrected chi connectivity index (χ3v) is 12.1. The van der Waals surface area contributed by atoms with Gasteiger partial charge in [-0.05, 0) is 78.3 Å². The topological polar surface area (TPSA) is 9.23 Å². The van der Waals surface area contributed by atoms with Gasteiger partial charge in [0, 0.05) is 8.80 Å². The normalized spacial score (nSPS) is 25.4. The highest BCUT2D eigenvalue weighted by Gasteiger charge is 2.32. The number of aryl methyl sites for hydroxylation is 1. The molecule has 2 aromatic rings. The van der Waals surface area contributed by atoms with E-state index in [4.69, 9.17) is 0 Å². The van der Waals surface area contributed by atoms with Crippen LogP contribution in [0.3, 0.4) is 0 Å². The maximum atomic E-state index is 14.8. The summed E-state index contributed by atoms with van der Waals surface area (Å²) in [6, 6.07) is 15.4. The number of benzene rings is 2. The SMILES string of the molecule is CCC[SiH]1CCC(C2CCC(CCc3ccc(-c4ccc(OC(F)(F)F)cc4)cc3F)CC2)CC1. The highest BCUT2D eigenvalue weighted by Crippen LogP contribution is 2.42. The number of ether oxygens (including phenoxy) is 1. The minimum atomic E-state index is -4.72. The number of hydrogen-bond acceptors (Lipinski definition) is 1. The van der Waals surface area contributed by atoms with Crippen molar-refractivity contribution in [1.29, 1.82) is 0 Å². The maximum absolute atomic E-state index is 14.8. The molecule has 1 heterocycles. The molecule has 192 valence electrons. The molecular weight excluding hydrogens is 468 g/mol. The van der Waals surface area contributed by atoms with Gasteiger partial charge in [-0.25, -0.2) is 4.39 Å². The van der Waals surface area contributed by atoms with Crippen molar-refractivity contribution in [2.75, 3.05) is 0 Å². The number of rotatable bonds is 8. The molecule has 1 aliphatic carbocycles. The van der Waals surface area contributed by atoms with E-state index in [1.54, 1.807) is 18.1 Å². The van der Waals surface area contributed by atoms with Gasteiger partial charge in [0.15, 0.2) is 0 Å². The highest BCUT2D eigenvalue weighted by atomic mass is 28.3. The number of alkyl halides is 3. The molecule has 0 N–H and O–H groups in total. The molecule has 0 aromatic heterocycles. The summed E-state index contributed by atoms with van der Waals surface area (Å²) in [5, 5.41) is 0. The van der Waals surface area contributed by atoms with Crippen molar-refractivity contribution < 1.29 is 22.3 Å². The van der Waals surface area contributed by atoms with E-state index < -0.39 is 15.2 Å². The Kier molecular flexibility index (Phi) is 8.95. The van der Waals surface area contributed by atoms with Gasteiger partial charge in [-0.2, -0.15) is 0 Å². The molecule has 0 unspecified atom stereocenters. The van der Waals surface area contributed by atoms with Crippen LogP contribution < -0.4 is 4.74 Å². The standard InChI is InChI=1S/C29H38F4OSi/c1-2-17-35-18-15-24(16-19-35)22-6-3-21(4-7-22)5-8-25-9-10-26(20-28(25)30)23-11-13-27(14-12-23)34-29(31,32)33/h9-14,20-22,24,35H,2-8,15-19H2,1H3. The van der Waals surface area contributed by atoms with Crippen molar-refractivity contribution in [2.45, 2.75) is 89.2 Å². The lowest BCUT2D eigenvalue weighted by atomic mass is 9.73.